The van der Waals surface area contributed by atoms with Crippen LogP contribution < -0.4 is 10.6 Å². The fourth-order valence-corrected chi connectivity index (χ4v) is 2.33. The molecule has 2 aromatic rings. The maximum Gasteiger partial charge on any atom is 0.251 e. The van der Waals surface area contributed by atoms with Gasteiger partial charge in [0.05, 0.1) is 19.8 Å². The van der Waals surface area contributed by atoms with Crippen molar-refractivity contribution in [2.75, 3.05) is 25.1 Å². The predicted octanol–water partition coefficient (Wildman–Crippen LogP) is 2.10. The van der Waals surface area contributed by atoms with E-state index in [0.717, 1.165) is 5.56 Å². The molecule has 6 heteroatoms. The number of rotatable bonds is 5. The molecule has 2 amide bonds. The maximum absolute atomic E-state index is 11.9. The molecule has 1 fully saturated rings. The van der Waals surface area contributed by atoms with Crippen LogP contribution in [0.4, 0.5) is 5.69 Å². The van der Waals surface area contributed by atoms with Gasteiger partial charge in [0.25, 0.3) is 5.91 Å². The summed E-state index contributed by atoms with van der Waals surface area (Å²) in [5, 5.41) is 5.32. The highest BCUT2D eigenvalue weighted by Gasteiger charge is 2.17. The zero-order valence-electron chi connectivity index (χ0n) is 13.0. The molecule has 0 unspecified atom stereocenters. The lowest BCUT2D eigenvalue weighted by Gasteiger charge is -2.11. The summed E-state index contributed by atoms with van der Waals surface area (Å²) in [5.41, 5.74) is 2.07. The monoisotopic (exact) mass is 326 g/mol. The zero-order chi connectivity index (χ0) is 16.8. The number of hydrogen-bond acceptors (Lipinski definition) is 4. The molecule has 24 heavy (non-hydrogen) atoms. The summed E-state index contributed by atoms with van der Waals surface area (Å²) in [4.78, 5) is 23.8. The summed E-state index contributed by atoms with van der Waals surface area (Å²) in [6, 6.07) is 16.0. The van der Waals surface area contributed by atoms with Crippen molar-refractivity contribution in [2.24, 2.45) is 0 Å². The Morgan fingerprint density at radius 2 is 1.62 bits per heavy atom. The summed E-state index contributed by atoms with van der Waals surface area (Å²) in [6.07, 6.45) is -0.333. The van der Waals surface area contributed by atoms with Gasteiger partial charge in [-0.1, -0.05) is 30.3 Å². The Bertz CT molecular complexity index is 695. The minimum atomic E-state index is -0.333. The first-order chi connectivity index (χ1) is 11.7. The third-order valence-electron chi connectivity index (χ3n) is 3.53. The SMILES string of the molecule is O=C(CNC(=O)c1ccccc1)Nc1ccc(C2OCCO2)cc1. The summed E-state index contributed by atoms with van der Waals surface area (Å²) >= 11 is 0. The van der Waals surface area contributed by atoms with E-state index in [1.54, 1.807) is 36.4 Å². The van der Waals surface area contributed by atoms with Crippen molar-refractivity contribution < 1.29 is 19.1 Å². The largest absolute Gasteiger partial charge is 0.346 e. The molecular weight excluding hydrogens is 308 g/mol. The minimum absolute atomic E-state index is 0.0929. The standard InChI is InChI=1S/C18H18N2O4/c21-16(12-19-17(22)13-4-2-1-3-5-13)20-15-8-6-14(7-9-15)18-23-10-11-24-18/h1-9,18H,10-12H2,(H,19,22)(H,20,21). The highest BCUT2D eigenvalue weighted by atomic mass is 16.7. The fourth-order valence-electron chi connectivity index (χ4n) is 2.33. The first-order valence-corrected chi connectivity index (χ1v) is 7.68. The van der Waals surface area contributed by atoms with Crippen LogP contribution in [-0.4, -0.2) is 31.6 Å². The lowest BCUT2D eigenvalue weighted by Crippen LogP contribution is -2.32. The topological polar surface area (TPSA) is 76.7 Å². The normalized spacial score (nSPS) is 14.3. The van der Waals surface area contributed by atoms with Crippen LogP contribution in [0, 0.1) is 0 Å². The molecule has 6 nitrogen and oxygen atoms in total. The van der Waals surface area contributed by atoms with E-state index in [1.165, 1.54) is 0 Å². The lowest BCUT2D eigenvalue weighted by molar-refractivity contribution is -0.115. The van der Waals surface area contributed by atoms with Crippen LogP contribution in [0.3, 0.4) is 0 Å². The Hall–Kier alpha value is -2.70. The molecule has 1 aliphatic heterocycles. The van der Waals surface area contributed by atoms with Gasteiger partial charge in [0.2, 0.25) is 5.91 Å². The van der Waals surface area contributed by atoms with Crippen molar-refractivity contribution >= 4 is 17.5 Å². The molecule has 3 rings (SSSR count). The zero-order valence-corrected chi connectivity index (χ0v) is 13.0. The van der Waals surface area contributed by atoms with E-state index in [2.05, 4.69) is 10.6 Å². The fraction of sp³-hybridized carbons (Fsp3) is 0.222. The number of carbonyl (C=O) groups excluding carboxylic acids is 2. The van der Waals surface area contributed by atoms with Gasteiger partial charge in [-0.15, -0.1) is 0 Å². The van der Waals surface area contributed by atoms with Crippen molar-refractivity contribution in [2.45, 2.75) is 6.29 Å². The second-order valence-corrected chi connectivity index (χ2v) is 5.29. The van der Waals surface area contributed by atoms with Crippen molar-refractivity contribution in [1.29, 1.82) is 0 Å². The molecule has 1 aliphatic rings. The number of carbonyl (C=O) groups is 2. The Morgan fingerprint density at radius 3 is 2.29 bits per heavy atom. The smallest absolute Gasteiger partial charge is 0.251 e. The van der Waals surface area contributed by atoms with E-state index in [1.807, 2.05) is 18.2 Å². The summed E-state index contributed by atoms with van der Waals surface area (Å²) < 4.78 is 10.8. The first-order valence-electron chi connectivity index (χ1n) is 7.68. The highest BCUT2D eigenvalue weighted by molar-refractivity contribution is 5.99. The quantitative estimate of drug-likeness (QED) is 0.882. The van der Waals surface area contributed by atoms with Gasteiger partial charge in [-0.3, -0.25) is 9.59 Å². The van der Waals surface area contributed by atoms with Gasteiger partial charge in [0.15, 0.2) is 6.29 Å². The molecule has 1 heterocycles. The van der Waals surface area contributed by atoms with Gasteiger partial charge in [0.1, 0.15) is 0 Å². The first kappa shape index (κ1) is 16.2. The molecule has 0 aliphatic carbocycles. The summed E-state index contributed by atoms with van der Waals surface area (Å²) in [6.45, 7) is 1.08. The number of nitrogens with one attached hydrogen (secondary N) is 2. The van der Waals surface area contributed by atoms with Crippen LogP contribution >= 0.6 is 0 Å². The average molecular weight is 326 g/mol. The van der Waals surface area contributed by atoms with E-state index < -0.39 is 0 Å². The van der Waals surface area contributed by atoms with Crippen LogP contribution in [0.2, 0.25) is 0 Å². The van der Waals surface area contributed by atoms with E-state index >= 15 is 0 Å². The molecule has 0 spiro atoms. The predicted molar refractivity (Wildman–Crippen MR) is 88.5 cm³/mol. The molecule has 0 bridgehead atoms. The van der Waals surface area contributed by atoms with E-state index in [4.69, 9.17) is 9.47 Å². The van der Waals surface area contributed by atoms with Crippen molar-refractivity contribution in [3.63, 3.8) is 0 Å². The van der Waals surface area contributed by atoms with Crippen LogP contribution in [0.5, 0.6) is 0 Å². The van der Waals surface area contributed by atoms with Gasteiger partial charge in [-0.05, 0) is 24.3 Å². The molecule has 2 N–H and O–H groups in total. The minimum Gasteiger partial charge on any atom is -0.346 e. The molecular formula is C18H18N2O4. The van der Waals surface area contributed by atoms with Crippen molar-refractivity contribution in [3.8, 4) is 0 Å². The van der Waals surface area contributed by atoms with Crippen LogP contribution in [-0.2, 0) is 14.3 Å². The number of anilines is 1. The number of benzene rings is 2. The van der Waals surface area contributed by atoms with Gasteiger partial charge < -0.3 is 20.1 Å². The molecule has 0 saturated carbocycles. The van der Waals surface area contributed by atoms with Crippen LogP contribution in [0.25, 0.3) is 0 Å². The Balaban J connectivity index is 1.48. The highest BCUT2D eigenvalue weighted by Crippen LogP contribution is 2.24. The third kappa shape index (κ3) is 4.18. The average Bonchev–Trinajstić information content (AvgIpc) is 3.16. The summed E-state index contributed by atoms with van der Waals surface area (Å²) in [5.74, 6) is -0.572. The van der Waals surface area contributed by atoms with Crippen LogP contribution in [0.1, 0.15) is 22.2 Å². The third-order valence-corrected chi connectivity index (χ3v) is 3.53. The molecule has 0 atom stereocenters. The Morgan fingerprint density at radius 1 is 0.958 bits per heavy atom. The summed E-state index contributed by atoms with van der Waals surface area (Å²) in [7, 11) is 0. The molecule has 0 radical (unpaired) electrons. The van der Waals surface area contributed by atoms with Gasteiger partial charge >= 0.3 is 0 Å². The number of ether oxygens (including phenoxy) is 2. The van der Waals surface area contributed by atoms with E-state index in [0.29, 0.717) is 24.5 Å². The van der Waals surface area contributed by atoms with E-state index in [-0.39, 0.29) is 24.6 Å². The molecule has 1 saturated heterocycles. The molecule has 0 aromatic heterocycles. The Labute approximate surface area is 139 Å². The number of amides is 2. The van der Waals surface area contributed by atoms with Gasteiger partial charge in [0, 0.05) is 16.8 Å². The van der Waals surface area contributed by atoms with Gasteiger partial charge in [-0.2, -0.15) is 0 Å². The van der Waals surface area contributed by atoms with Crippen molar-refractivity contribution in [1.82, 2.24) is 5.32 Å². The lowest BCUT2D eigenvalue weighted by atomic mass is 10.2. The second kappa shape index (κ2) is 7.72. The second-order valence-electron chi connectivity index (χ2n) is 5.29. The number of hydrogen-bond donors (Lipinski definition) is 2. The van der Waals surface area contributed by atoms with Crippen molar-refractivity contribution in [3.05, 3.63) is 65.7 Å². The van der Waals surface area contributed by atoms with Gasteiger partial charge in [-0.25, -0.2) is 0 Å². The van der Waals surface area contributed by atoms with Crippen LogP contribution in [0.15, 0.2) is 54.6 Å². The maximum atomic E-state index is 11.9. The Kier molecular flexibility index (Phi) is 5.20. The molecule has 124 valence electrons. The van der Waals surface area contributed by atoms with E-state index in [9.17, 15) is 9.59 Å². The molecule has 2 aromatic carbocycles.